The minimum Gasteiger partial charge on any atom is -0.323 e. The summed E-state index contributed by atoms with van der Waals surface area (Å²) in [6, 6.07) is 8.83. The smallest absolute Gasteiger partial charge is 0.0458 e. The summed E-state index contributed by atoms with van der Waals surface area (Å²) in [6.45, 7) is 0. The van der Waals surface area contributed by atoms with Gasteiger partial charge in [0.05, 0.1) is 0 Å². The second-order valence-corrected chi connectivity index (χ2v) is 5.14. The lowest BCUT2D eigenvalue weighted by atomic mass is 10.0. The molecule has 1 nitrogen and oxygen atoms in total. The third-order valence-corrected chi connectivity index (χ3v) is 4.54. The zero-order valence-electron chi connectivity index (χ0n) is 6.79. The first-order chi connectivity index (χ1) is 5.82. The molecule has 1 saturated carbocycles. The van der Waals surface area contributed by atoms with Gasteiger partial charge in [0.25, 0.3) is 0 Å². The van der Waals surface area contributed by atoms with Crippen LogP contribution in [0.1, 0.15) is 24.4 Å². The van der Waals surface area contributed by atoms with Crippen LogP contribution in [0.4, 0.5) is 0 Å². The highest BCUT2D eigenvalue weighted by Crippen LogP contribution is 2.63. The molecule has 1 heterocycles. The summed E-state index contributed by atoms with van der Waals surface area (Å²) in [5.41, 5.74) is 7.53. The number of rotatable bonds is 0. The zero-order valence-corrected chi connectivity index (χ0v) is 7.60. The minimum absolute atomic E-state index is 0.290. The fraction of sp³-hybridized carbons (Fsp3) is 0.400. The fourth-order valence-electron chi connectivity index (χ4n) is 1.93. The molecule has 0 bridgehead atoms. The Morgan fingerprint density at radius 1 is 1.33 bits per heavy atom. The fourth-order valence-corrected chi connectivity index (χ4v) is 3.39. The molecule has 2 N–H and O–H groups in total. The molecule has 2 aliphatic rings. The third-order valence-electron chi connectivity index (χ3n) is 2.88. The monoisotopic (exact) mass is 177 g/mol. The predicted molar refractivity (Wildman–Crippen MR) is 51.2 cm³/mol. The molecule has 3 rings (SSSR count). The molecule has 12 heavy (non-hydrogen) atoms. The van der Waals surface area contributed by atoms with Crippen LogP contribution in [0.2, 0.25) is 0 Å². The molecule has 1 spiro atoms. The standard InChI is InChI=1S/C10H11NS/c11-9-7-3-1-2-4-8(7)12-10(9)5-6-10/h1-4,9H,5-6,11H2. The van der Waals surface area contributed by atoms with Crippen molar-refractivity contribution in [3.8, 4) is 0 Å². The van der Waals surface area contributed by atoms with Crippen molar-refractivity contribution < 1.29 is 0 Å². The molecule has 1 fully saturated rings. The van der Waals surface area contributed by atoms with Crippen molar-refractivity contribution >= 4 is 11.8 Å². The van der Waals surface area contributed by atoms with Crippen LogP contribution in [0, 0.1) is 0 Å². The van der Waals surface area contributed by atoms with Gasteiger partial charge >= 0.3 is 0 Å². The Kier molecular flexibility index (Phi) is 1.20. The van der Waals surface area contributed by atoms with E-state index in [4.69, 9.17) is 5.73 Å². The topological polar surface area (TPSA) is 26.0 Å². The van der Waals surface area contributed by atoms with Crippen LogP contribution in [0.25, 0.3) is 0 Å². The van der Waals surface area contributed by atoms with Gasteiger partial charge in [0.15, 0.2) is 0 Å². The summed E-state index contributed by atoms with van der Waals surface area (Å²) in [7, 11) is 0. The summed E-state index contributed by atoms with van der Waals surface area (Å²) < 4.78 is 0.406. The van der Waals surface area contributed by atoms with E-state index in [0.717, 1.165) is 0 Å². The van der Waals surface area contributed by atoms with Crippen molar-refractivity contribution in [1.82, 2.24) is 0 Å². The maximum absolute atomic E-state index is 6.17. The maximum Gasteiger partial charge on any atom is 0.0458 e. The average molecular weight is 177 g/mol. The van der Waals surface area contributed by atoms with E-state index in [1.54, 1.807) is 0 Å². The molecule has 1 aromatic rings. The summed E-state index contributed by atoms with van der Waals surface area (Å²) in [6.07, 6.45) is 2.60. The van der Waals surface area contributed by atoms with E-state index in [-0.39, 0.29) is 0 Å². The lowest BCUT2D eigenvalue weighted by Gasteiger charge is -2.11. The lowest BCUT2D eigenvalue weighted by molar-refractivity contribution is 0.685. The van der Waals surface area contributed by atoms with E-state index in [9.17, 15) is 0 Å². The third kappa shape index (κ3) is 0.744. The Balaban J connectivity index is 2.13. The van der Waals surface area contributed by atoms with E-state index >= 15 is 0 Å². The van der Waals surface area contributed by atoms with E-state index in [0.29, 0.717) is 10.8 Å². The van der Waals surface area contributed by atoms with Crippen molar-refractivity contribution in [3.63, 3.8) is 0 Å². The Bertz CT molecular complexity index is 330. The van der Waals surface area contributed by atoms with Crippen LogP contribution in [0.5, 0.6) is 0 Å². The molecular weight excluding hydrogens is 166 g/mol. The Hall–Kier alpha value is -0.470. The van der Waals surface area contributed by atoms with Gasteiger partial charge < -0.3 is 5.73 Å². The average Bonchev–Trinajstić information content (AvgIpc) is 2.79. The number of thioether (sulfide) groups is 1. The highest BCUT2D eigenvalue weighted by molar-refractivity contribution is 8.01. The summed E-state index contributed by atoms with van der Waals surface area (Å²) >= 11 is 1.99. The quantitative estimate of drug-likeness (QED) is 0.658. The first-order valence-corrected chi connectivity index (χ1v) is 5.17. The summed E-state index contributed by atoms with van der Waals surface area (Å²) in [5.74, 6) is 0. The van der Waals surface area contributed by atoms with E-state index in [1.807, 2.05) is 11.8 Å². The van der Waals surface area contributed by atoms with Gasteiger partial charge in [-0.2, -0.15) is 0 Å². The van der Waals surface area contributed by atoms with Crippen LogP contribution in [-0.4, -0.2) is 4.75 Å². The predicted octanol–water partition coefficient (Wildman–Crippen LogP) is 2.32. The Morgan fingerprint density at radius 3 is 2.75 bits per heavy atom. The zero-order chi connectivity index (χ0) is 8.18. The Morgan fingerprint density at radius 2 is 2.08 bits per heavy atom. The largest absolute Gasteiger partial charge is 0.323 e. The van der Waals surface area contributed by atoms with Gasteiger partial charge in [-0.3, -0.25) is 0 Å². The van der Waals surface area contributed by atoms with Crippen LogP contribution < -0.4 is 5.73 Å². The second kappa shape index (κ2) is 2.06. The van der Waals surface area contributed by atoms with Gasteiger partial charge in [-0.1, -0.05) is 18.2 Å². The van der Waals surface area contributed by atoms with Crippen LogP contribution in [-0.2, 0) is 0 Å². The number of benzene rings is 1. The molecule has 1 unspecified atom stereocenters. The molecule has 0 saturated heterocycles. The van der Waals surface area contributed by atoms with E-state index in [2.05, 4.69) is 24.3 Å². The van der Waals surface area contributed by atoms with Crippen molar-refractivity contribution in [2.45, 2.75) is 28.5 Å². The second-order valence-electron chi connectivity index (χ2n) is 3.68. The molecule has 1 aromatic carbocycles. The normalized spacial score (nSPS) is 28.9. The number of nitrogens with two attached hydrogens (primary N) is 1. The summed E-state index contributed by atoms with van der Waals surface area (Å²) in [4.78, 5) is 1.41. The van der Waals surface area contributed by atoms with Crippen molar-refractivity contribution in [2.24, 2.45) is 5.73 Å². The molecule has 0 radical (unpaired) electrons. The van der Waals surface area contributed by atoms with E-state index in [1.165, 1.54) is 23.3 Å². The van der Waals surface area contributed by atoms with E-state index < -0.39 is 0 Å². The number of hydrogen-bond acceptors (Lipinski definition) is 2. The molecule has 0 aromatic heterocycles. The van der Waals surface area contributed by atoms with Crippen LogP contribution in [0.3, 0.4) is 0 Å². The number of hydrogen-bond donors (Lipinski definition) is 1. The van der Waals surface area contributed by atoms with Gasteiger partial charge in [-0.05, 0) is 24.5 Å². The summed E-state index contributed by atoms with van der Waals surface area (Å²) in [5, 5.41) is 0. The highest BCUT2D eigenvalue weighted by Gasteiger charge is 2.53. The molecule has 1 aliphatic heterocycles. The van der Waals surface area contributed by atoms with Gasteiger partial charge in [0, 0.05) is 15.7 Å². The van der Waals surface area contributed by atoms with Crippen molar-refractivity contribution in [3.05, 3.63) is 29.8 Å². The van der Waals surface area contributed by atoms with Crippen LogP contribution in [0.15, 0.2) is 29.2 Å². The molecule has 2 heteroatoms. The molecule has 1 atom stereocenters. The Labute approximate surface area is 76.3 Å². The maximum atomic E-state index is 6.17. The van der Waals surface area contributed by atoms with Gasteiger partial charge in [0.2, 0.25) is 0 Å². The SMILES string of the molecule is NC1c2ccccc2SC12CC2. The lowest BCUT2D eigenvalue weighted by Crippen LogP contribution is -2.19. The first kappa shape index (κ1) is 6.98. The molecule has 0 amide bonds. The highest BCUT2D eigenvalue weighted by atomic mass is 32.2. The number of fused-ring (bicyclic) bond motifs is 1. The van der Waals surface area contributed by atoms with Gasteiger partial charge in [-0.25, -0.2) is 0 Å². The van der Waals surface area contributed by atoms with Crippen LogP contribution >= 0.6 is 11.8 Å². The molecule has 62 valence electrons. The molecular formula is C10H11NS. The first-order valence-electron chi connectivity index (χ1n) is 4.35. The van der Waals surface area contributed by atoms with Gasteiger partial charge in [0.1, 0.15) is 0 Å². The van der Waals surface area contributed by atoms with Gasteiger partial charge in [-0.15, -0.1) is 11.8 Å². The molecule has 1 aliphatic carbocycles. The van der Waals surface area contributed by atoms with Crippen molar-refractivity contribution in [1.29, 1.82) is 0 Å². The minimum atomic E-state index is 0.290. The van der Waals surface area contributed by atoms with Crippen molar-refractivity contribution in [2.75, 3.05) is 0 Å².